The number of aromatic nitrogens is 4. The van der Waals surface area contributed by atoms with Crippen LogP contribution in [0.1, 0.15) is 45.0 Å². The van der Waals surface area contributed by atoms with E-state index in [9.17, 15) is 0 Å². The molecule has 5 heterocycles. The highest BCUT2D eigenvalue weighted by Crippen LogP contribution is 2.25. The molecule has 0 aromatic carbocycles. The summed E-state index contributed by atoms with van der Waals surface area (Å²) in [5, 5.41) is 0. The SMILES string of the molecule is Cc1c2nc(c(C)c3ccc([nH]3)c(C)c3nc(c(C)c4ccc1[nH]4)C=C3)C=C2. The molecule has 2 aliphatic heterocycles. The van der Waals surface area contributed by atoms with E-state index in [1.807, 2.05) is 0 Å². The van der Waals surface area contributed by atoms with Crippen molar-refractivity contribution in [2.24, 2.45) is 0 Å². The minimum absolute atomic E-state index is 0.996. The first-order valence-corrected chi connectivity index (χ1v) is 9.54. The molecule has 2 N–H and O–H groups in total. The molecule has 2 aliphatic rings. The van der Waals surface area contributed by atoms with Crippen LogP contribution in [0.3, 0.4) is 0 Å². The Labute approximate surface area is 163 Å². The monoisotopic (exact) mass is 366 g/mol. The second-order valence-corrected chi connectivity index (χ2v) is 7.50. The minimum atomic E-state index is 0.996. The van der Waals surface area contributed by atoms with Crippen LogP contribution in [0.2, 0.25) is 0 Å². The molecule has 0 saturated carbocycles. The van der Waals surface area contributed by atoms with Gasteiger partial charge in [-0.15, -0.1) is 0 Å². The zero-order valence-electron chi connectivity index (χ0n) is 16.5. The van der Waals surface area contributed by atoms with Gasteiger partial charge in [-0.05, 0) is 98.5 Å². The van der Waals surface area contributed by atoms with Crippen LogP contribution in [-0.4, -0.2) is 19.9 Å². The molecule has 0 aliphatic carbocycles. The van der Waals surface area contributed by atoms with E-state index < -0.39 is 0 Å². The molecule has 3 aromatic rings. The molecule has 0 spiro atoms. The second kappa shape index (κ2) is 6.06. The normalized spacial score (nSPS) is 12.7. The van der Waals surface area contributed by atoms with E-state index in [4.69, 9.17) is 9.97 Å². The van der Waals surface area contributed by atoms with Crippen molar-refractivity contribution >= 4 is 46.4 Å². The Morgan fingerprint density at radius 3 is 0.964 bits per heavy atom. The van der Waals surface area contributed by atoms with Crippen LogP contribution in [0.25, 0.3) is 46.4 Å². The van der Waals surface area contributed by atoms with Gasteiger partial charge < -0.3 is 9.97 Å². The maximum Gasteiger partial charge on any atom is 0.0687 e. The standard InChI is InChI=1S/C24H22N4/c1-13-17-5-7-19(25-17)14(2)21-9-11-23(27-21)16(4)24-12-10-22(28-24)15(3)20-8-6-18(13)26-20/h5-12,25,28H,1-4H3. The van der Waals surface area contributed by atoms with Crippen molar-refractivity contribution in [3.8, 4) is 0 Å². The fraction of sp³-hybridized carbons (Fsp3) is 0.167. The number of hydrogen-bond donors (Lipinski definition) is 2. The smallest absolute Gasteiger partial charge is 0.0687 e. The maximum absolute atomic E-state index is 4.88. The molecule has 0 atom stereocenters. The zero-order chi connectivity index (χ0) is 19.4. The summed E-state index contributed by atoms with van der Waals surface area (Å²) in [4.78, 5) is 16.8. The third-order valence-corrected chi connectivity index (χ3v) is 5.80. The minimum Gasteiger partial charge on any atom is -0.355 e. The quantitative estimate of drug-likeness (QED) is 0.359. The molecule has 8 bridgehead atoms. The predicted molar refractivity (Wildman–Crippen MR) is 118 cm³/mol. The number of nitrogens with one attached hydrogen (secondary N) is 2. The van der Waals surface area contributed by atoms with Gasteiger partial charge in [0, 0.05) is 22.1 Å². The van der Waals surface area contributed by atoms with E-state index in [1.165, 1.54) is 0 Å². The molecule has 28 heavy (non-hydrogen) atoms. The molecule has 0 unspecified atom stereocenters. The van der Waals surface area contributed by atoms with Gasteiger partial charge in [0.1, 0.15) is 0 Å². The number of fused-ring (bicyclic) bond motifs is 8. The highest BCUT2D eigenvalue weighted by Gasteiger charge is 2.10. The van der Waals surface area contributed by atoms with Gasteiger partial charge in [0.05, 0.1) is 22.8 Å². The zero-order valence-corrected chi connectivity index (χ0v) is 16.5. The Bertz CT molecular complexity index is 1150. The lowest BCUT2D eigenvalue weighted by Gasteiger charge is -1.97. The van der Waals surface area contributed by atoms with Gasteiger partial charge >= 0.3 is 0 Å². The van der Waals surface area contributed by atoms with Gasteiger partial charge in [-0.1, -0.05) is 0 Å². The average Bonchev–Trinajstić information content (AvgIpc) is 3.49. The number of rotatable bonds is 0. The fourth-order valence-electron chi connectivity index (χ4n) is 3.78. The van der Waals surface area contributed by atoms with Crippen molar-refractivity contribution in [1.29, 1.82) is 0 Å². The number of aromatic amines is 2. The summed E-state index contributed by atoms with van der Waals surface area (Å²) in [7, 11) is 0. The first kappa shape index (κ1) is 16.8. The van der Waals surface area contributed by atoms with Crippen LogP contribution in [0.4, 0.5) is 0 Å². The van der Waals surface area contributed by atoms with Crippen LogP contribution >= 0.6 is 0 Å². The largest absolute Gasteiger partial charge is 0.355 e. The molecule has 0 radical (unpaired) electrons. The van der Waals surface area contributed by atoms with Gasteiger partial charge in [-0.2, -0.15) is 0 Å². The Kier molecular flexibility index (Phi) is 3.63. The lowest BCUT2D eigenvalue weighted by Crippen LogP contribution is -1.86. The molecule has 4 heteroatoms. The molecule has 3 aromatic heterocycles. The van der Waals surface area contributed by atoms with Gasteiger partial charge in [-0.25, -0.2) is 9.97 Å². The molecule has 0 amide bonds. The molecule has 5 rings (SSSR count). The third-order valence-electron chi connectivity index (χ3n) is 5.80. The summed E-state index contributed by atoms with van der Waals surface area (Å²) in [5.41, 5.74) is 12.9. The molecule has 0 saturated heterocycles. The maximum atomic E-state index is 4.88. The second-order valence-electron chi connectivity index (χ2n) is 7.50. The molecule has 4 nitrogen and oxygen atoms in total. The van der Waals surface area contributed by atoms with Crippen molar-refractivity contribution < 1.29 is 0 Å². The summed E-state index contributed by atoms with van der Waals surface area (Å²) in [6, 6.07) is 8.48. The Morgan fingerprint density at radius 1 is 0.464 bits per heavy atom. The van der Waals surface area contributed by atoms with Crippen LogP contribution in [0.15, 0.2) is 24.3 Å². The van der Waals surface area contributed by atoms with E-state index in [0.717, 1.165) is 67.1 Å². The summed E-state index contributed by atoms with van der Waals surface area (Å²) in [6.45, 7) is 8.44. The average molecular weight is 366 g/mol. The number of H-pyrrole nitrogens is 2. The molecule has 138 valence electrons. The number of hydrogen-bond acceptors (Lipinski definition) is 2. The first-order valence-electron chi connectivity index (χ1n) is 9.54. The summed E-state index contributed by atoms with van der Waals surface area (Å²) >= 11 is 0. The van der Waals surface area contributed by atoms with Gasteiger partial charge in [0.15, 0.2) is 0 Å². The number of nitrogens with zero attached hydrogens (tertiary/aromatic N) is 2. The van der Waals surface area contributed by atoms with Gasteiger partial charge in [0.25, 0.3) is 0 Å². The Balaban J connectivity index is 1.97. The summed E-state index contributed by atoms with van der Waals surface area (Å²) in [6.07, 6.45) is 8.37. The molecular formula is C24H22N4. The van der Waals surface area contributed by atoms with Crippen molar-refractivity contribution in [2.75, 3.05) is 0 Å². The van der Waals surface area contributed by atoms with Crippen molar-refractivity contribution in [3.63, 3.8) is 0 Å². The Hall–Kier alpha value is -3.40. The van der Waals surface area contributed by atoms with E-state index in [-0.39, 0.29) is 0 Å². The van der Waals surface area contributed by atoms with E-state index >= 15 is 0 Å². The van der Waals surface area contributed by atoms with Gasteiger partial charge in [-0.3, -0.25) is 0 Å². The number of aryl methyl sites for hydroxylation is 4. The highest BCUT2D eigenvalue weighted by atomic mass is 14.8. The van der Waals surface area contributed by atoms with Crippen LogP contribution in [0, 0.1) is 27.7 Å². The van der Waals surface area contributed by atoms with Crippen molar-refractivity contribution in [3.05, 3.63) is 69.3 Å². The molecule has 0 fully saturated rings. The van der Waals surface area contributed by atoms with Crippen molar-refractivity contribution in [2.45, 2.75) is 27.7 Å². The van der Waals surface area contributed by atoms with E-state index in [1.54, 1.807) is 0 Å². The highest BCUT2D eigenvalue weighted by molar-refractivity contribution is 5.82. The fourth-order valence-corrected chi connectivity index (χ4v) is 3.78. The lowest BCUT2D eigenvalue weighted by molar-refractivity contribution is 1.23. The molecular weight excluding hydrogens is 344 g/mol. The summed E-state index contributed by atoms with van der Waals surface area (Å²) < 4.78 is 0. The van der Waals surface area contributed by atoms with Gasteiger partial charge in [0.2, 0.25) is 0 Å². The third kappa shape index (κ3) is 2.53. The predicted octanol–water partition coefficient (Wildman–Crippen LogP) is 5.89. The van der Waals surface area contributed by atoms with E-state index in [2.05, 4.69) is 86.2 Å². The van der Waals surface area contributed by atoms with Crippen LogP contribution in [0.5, 0.6) is 0 Å². The van der Waals surface area contributed by atoms with Crippen LogP contribution in [-0.2, 0) is 0 Å². The topological polar surface area (TPSA) is 57.4 Å². The lowest BCUT2D eigenvalue weighted by atomic mass is 10.2. The van der Waals surface area contributed by atoms with E-state index in [0.29, 0.717) is 0 Å². The van der Waals surface area contributed by atoms with Crippen LogP contribution < -0.4 is 0 Å². The first-order chi connectivity index (χ1) is 13.5. The summed E-state index contributed by atoms with van der Waals surface area (Å²) in [5.74, 6) is 0. The van der Waals surface area contributed by atoms with Crippen molar-refractivity contribution in [1.82, 2.24) is 19.9 Å². The Morgan fingerprint density at radius 2 is 0.714 bits per heavy atom.